The zero-order chi connectivity index (χ0) is 42.2. The molecule has 10 aromatic rings. The second kappa shape index (κ2) is 16.0. The number of ether oxygens (including phenoxy) is 1. The third-order valence-corrected chi connectivity index (χ3v) is 11.8. The van der Waals surface area contributed by atoms with Crippen molar-refractivity contribution in [3.8, 4) is 84.4 Å². The Hall–Kier alpha value is -8.28. The third kappa shape index (κ3) is 7.05. The molecule has 0 aliphatic carbocycles. The van der Waals surface area contributed by atoms with Crippen LogP contribution in [-0.2, 0) is 5.60 Å². The second-order valence-electron chi connectivity index (χ2n) is 15.7. The number of benzene rings is 9. The summed E-state index contributed by atoms with van der Waals surface area (Å²) < 4.78 is 22.8. The highest BCUT2D eigenvalue weighted by molar-refractivity contribution is 5.84. The molecule has 0 amide bonds. The van der Waals surface area contributed by atoms with Gasteiger partial charge in [-0.3, -0.25) is 0 Å². The van der Waals surface area contributed by atoms with Crippen LogP contribution < -0.4 is 4.74 Å². The lowest BCUT2D eigenvalue weighted by atomic mass is 9.75. The minimum atomic E-state index is -1.03. The van der Waals surface area contributed by atoms with Gasteiger partial charge in [0, 0.05) is 38.9 Å². The van der Waals surface area contributed by atoms with E-state index >= 15 is 4.39 Å². The van der Waals surface area contributed by atoms with Gasteiger partial charge < -0.3 is 4.74 Å². The Morgan fingerprint density at radius 2 is 0.746 bits per heavy atom. The van der Waals surface area contributed by atoms with E-state index < -0.39 is 5.60 Å². The van der Waals surface area contributed by atoms with Crippen molar-refractivity contribution in [1.29, 1.82) is 0 Å². The lowest BCUT2D eigenvalue weighted by Crippen LogP contribution is -2.38. The van der Waals surface area contributed by atoms with Gasteiger partial charge in [0.15, 0.2) is 23.1 Å². The first kappa shape index (κ1) is 37.7. The predicted molar refractivity (Wildman–Crippen MR) is 251 cm³/mol. The van der Waals surface area contributed by atoms with Gasteiger partial charge in [-0.15, -0.1) is 0 Å². The van der Waals surface area contributed by atoms with Crippen molar-refractivity contribution in [3.63, 3.8) is 0 Å². The van der Waals surface area contributed by atoms with E-state index in [0.717, 1.165) is 77.9 Å². The number of nitrogens with zero attached hydrogens (tertiary/aromatic N) is 3. The van der Waals surface area contributed by atoms with Crippen molar-refractivity contribution < 1.29 is 9.13 Å². The molecular formula is C58H38FN3O. The zero-order valence-electron chi connectivity index (χ0n) is 34.1. The molecule has 1 aliphatic rings. The number of halogens is 1. The summed E-state index contributed by atoms with van der Waals surface area (Å²) in [5, 5.41) is 0. The van der Waals surface area contributed by atoms with Gasteiger partial charge in [-0.25, -0.2) is 19.3 Å². The standard InChI is InChI=1S/C58H38FN3O/c59-50-30-31-53-51(38-50)52-37-44(29-32-54(52)63-58(53,48-25-12-4-13-26-48)49-27-14-5-15-28-49)56-60-55(43-24-16-23-42(33-43)39-17-6-1-7-18-39)61-57(62-56)47-35-45(40-19-8-2-9-20-40)34-46(36-47)41-21-10-3-11-22-41/h1-38H. The molecule has 298 valence electrons. The van der Waals surface area contributed by atoms with Crippen molar-refractivity contribution in [3.05, 3.63) is 253 Å². The molecule has 0 spiro atoms. The molecule has 5 heteroatoms. The van der Waals surface area contributed by atoms with E-state index in [0.29, 0.717) is 23.2 Å². The third-order valence-electron chi connectivity index (χ3n) is 11.8. The van der Waals surface area contributed by atoms with Gasteiger partial charge >= 0.3 is 0 Å². The summed E-state index contributed by atoms with van der Waals surface area (Å²) in [6.45, 7) is 0. The minimum absolute atomic E-state index is 0.336. The molecule has 0 radical (unpaired) electrons. The molecule has 0 atom stereocenters. The van der Waals surface area contributed by atoms with E-state index in [1.54, 1.807) is 6.07 Å². The summed E-state index contributed by atoms with van der Waals surface area (Å²) in [6, 6.07) is 77.1. The highest BCUT2D eigenvalue weighted by atomic mass is 19.1. The number of hydrogen-bond acceptors (Lipinski definition) is 4. The Bertz CT molecular complexity index is 3150. The molecular weight excluding hydrogens is 774 g/mol. The van der Waals surface area contributed by atoms with Crippen molar-refractivity contribution in [2.24, 2.45) is 0 Å². The van der Waals surface area contributed by atoms with E-state index in [2.05, 4.69) is 115 Å². The first-order valence-electron chi connectivity index (χ1n) is 21.0. The molecule has 1 aliphatic heterocycles. The summed E-state index contributed by atoms with van der Waals surface area (Å²) in [5.74, 6) is 1.83. The van der Waals surface area contributed by atoms with Crippen LogP contribution in [0.1, 0.15) is 16.7 Å². The molecule has 1 aromatic heterocycles. The number of hydrogen-bond donors (Lipinski definition) is 0. The number of rotatable bonds is 8. The molecule has 0 unspecified atom stereocenters. The van der Waals surface area contributed by atoms with E-state index in [1.807, 2.05) is 103 Å². The fraction of sp³-hybridized carbons (Fsp3) is 0.0172. The molecule has 0 saturated carbocycles. The molecule has 4 nitrogen and oxygen atoms in total. The van der Waals surface area contributed by atoms with Crippen LogP contribution in [0, 0.1) is 5.82 Å². The number of aromatic nitrogens is 3. The van der Waals surface area contributed by atoms with Gasteiger partial charge in [0.1, 0.15) is 11.6 Å². The summed E-state index contributed by atoms with van der Waals surface area (Å²) in [6.07, 6.45) is 0. The highest BCUT2D eigenvalue weighted by Gasteiger charge is 2.44. The molecule has 0 fully saturated rings. The Kier molecular flexibility index (Phi) is 9.55. The van der Waals surface area contributed by atoms with Crippen LogP contribution in [0.2, 0.25) is 0 Å². The van der Waals surface area contributed by atoms with Crippen LogP contribution in [0.15, 0.2) is 231 Å². The van der Waals surface area contributed by atoms with Crippen LogP contribution in [0.3, 0.4) is 0 Å². The maximum atomic E-state index is 15.5. The fourth-order valence-electron chi connectivity index (χ4n) is 8.76. The van der Waals surface area contributed by atoms with Gasteiger partial charge in [-0.1, -0.05) is 176 Å². The molecule has 0 saturated heterocycles. The monoisotopic (exact) mass is 811 g/mol. The molecule has 9 aromatic carbocycles. The molecule has 63 heavy (non-hydrogen) atoms. The molecule has 11 rings (SSSR count). The van der Waals surface area contributed by atoms with E-state index in [9.17, 15) is 0 Å². The predicted octanol–water partition coefficient (Wildman–Crippen LogP) is 14.4. The second-order valence-corrected chi connectivity index (χ2v) is 15.7. The van der Waals surface area contributed by atoms with Gasteiger partial charge in [0.05, 0.1) is 0 Å². The van der Waals surface area contributed by atoms with Crippen LogP contribution in [0.25, 0.3) is 78.7 Å². The van der Waals surface area contributed by atoms with Crippen LogP contribution in [-0.4, -0.2) is 15.0 Å². The summed E-state index contributed by atoms with van der Waals surface area (Å²) in [7, 11) is 0. The maximum Gasteiger partial charge on any atom is 0.185 e. The Balaban J connectivity index is 1.12. The SMILES string of the molecule is Fc1ccc2c(c1)-c1cc(-c3nc(-c4cccc(-c5ccccc5)c4)nc(-c4cc(-c5ccccc5)cc(-c5ccccc5)c4)n3)ccc1OC2(c1ccccc1)c1ccccc1. The van der Waals surface area contributed by atoms with Crippen molar-refractivity contribution >= 4 is 0 Å². The van der Waals surface area contributed by atoms with Gasteiger partial charge in [-0.05, 0) is 93.5 Å². The van der Waals surface area contributed by atoms with Crippen molar-refractivity contribution in [1.82, 2.24) is 15.0 Å². The van der Waals surface area contributed by atoms with Crippen LogP contribution in [0.5, 0.6) is 5.75 Å². The van der Waals surface area contributed by atoms with E-state index in [4.69, 9.17) is 19.7 Å². The quantitative estimate of drug-likeness (QED) is 0.153. The Labute approximate surface area is 365 Å². The summed E-state index contributed by atoms with van der Waals surface area (Å²) in [5.41, 5.74) is 12.0. The topological polar surface area (TPSA) is 47.9 Å². The lowest BCUT2D eigenvalue weighted by molar-refractivity contribution is 0.152. The molecule has 0 N–H and O–H groups in total. The first-order chi connectivity index (χ1) is 31.1. The smallest absolute Gasteiger partial charge is 0.185 e. The fourth-order valence-corrected chi connectivity index (χ4v) is 8.76. The van der Waals surface area contributed by atoms with Crippen molar-refractivity contribution in [2.75, 3.05) is 0 Å². The maximum absolute atomic E-state index is 15.5. The molecule has 2 heterocycles. The van der Waals surface area contributed by atoms with Gasteiger partial charge in [0.25, 0.3) is 0 Å². The Morgan fingerprint density at radius 1 is 0.317 bits per heavy atom. The van der Waals surface area contributed by atoms with Crippen molar-refractivity contribution in [2.45, 2.75) is 5.60 Å². The summed E-state index contributed by atoms with van der Waals surface area (Å²) >= 11 is 0. The van der Waals surface area contributed by atoms with E-state index in [1.165, 1.54) is 6.07 Å². The highest BCUT2D eigenvalue weighted by Crippen LogP contribution is 2.52. The van der Waals surface area contributed by atoms with E-state index in [-0.39, 0.29) is 5.82 Å². The zero-order valence-corrected chi connectivity index (χ0v) is 34.1. The minimum Gasteiger partial charge on any atom is -0.472 e. The first-order valence-corrected chi connectivity index (χ1v) is 21.0. The number of fused-ring (bicyclic) bond motifs is 3. The van der Waals surface area contributed by atoms with Crippen LogP contribution >= 0.6 is 0 Å². The van der Waals surface area contributed by atoms with Gasteiger partial charge in [-0.2, -0.15) is 0 Å². The average molecular weight is 812 g/mol. The molecule has 0 bridgehead atoms. The summed E-state index contributed by atoms with van der Waals surface area (Å²) in [4.78, 5) is 15.7. The Morgan fingerprint density at radius 3 is 1.30 bits per heavy atom. The average Bonchev–Trinajstić information content (AvgIpc) is 3.37. The normalized spacial score (nSPS) is 12.5. The van der Waals surface area contributed by atoms with Gasteiger partial charge in [0.2, 0.25) is 0 Å². The largest absolute Gasteiger partial charge is 0.472 e. The van der Waals surface area contributed by atoms with Crippen LogP contribution in [0.4, 0.5) is 4.39 Å². The lowest BCUT2D eigenvalue weighted by Gasteiger charge is -2.41.